The van der Waals surface area contributed by atoms with E-state index in [9.17, 15) is 9.59 Å². The van der Waals surface area contributed by atoms with E-state index in [4.69, 9.17) is 14.6 Å². The lowest BCUT2D eigenvalue weighted by Gasteiger charge is -2.15. The highest BCUT2D eigenvalue weighted by molar-refractivity contribution is 5.92. The molecule has 7 nitrogen and oxygen atoms in total. The Bertz CT molecular complexity index is 482. The molecule has 21 heavy (non-hydrogen) atoms. The van der Waals surface area contributed by atoms with Crippen LogP contribution in [0, 0.1) is 0 Å². The van der Waals surface area contributed by atoms with Crippen LogP contribution in [0.1, 0.15) is 19.8 Å². The minimum atomic E-state index is -1.06. The number of aliphatic carboxylic acids is 1. The maximum Gasteiger partial charge on any atom is 0.326 e. The number of carboxylic acid groups (broad SMARTS) is 1. The molecule has 7 heteroatoms. The SMILES string of the molecule is CCC[C@H](NC(=O)Nc1cc(OC)cc(OC)c1)C(=O)O. The fourth-order valence-corrected chi connectivity index (χ4v) is 1.75. The number of urea groups is 1. The molecule has 0 unspecified atom stereocenters. The van der Waals surface area contributed by atoms with Crippen LogP contribution in [0.15, 0.2) is 18.2 Å². The molecule has 0 spiro atoms. The van der Waals surface area contributed by atoms with Crippen LogP contribution in [0.5, 0.6) is 11.5 Å². The first kappa shape index (κ1) is 16.6. The Morgan fingerprint density at radius 1 is 1.19 bits per heavy atom. The molecule has 0 fully saturated rings. The molecule has 1 aromatic carbocycles. The molecule has 1 rings (SSSR count). The van der Waals surface area contributed by atoms with Crippen LogP contribution in [0.3, 0.4) is 0 Å². The third-order valence-corrected chi connectivity index (χ3v) is 2.79. The highest BCUT2D eigenvalue weighted by Gasteiger charge is 2.18. The van der Waals surface area contributed by atoms with Crippen molar-refractivity contribution in [2.24, 2.45) is 0 Å². The van der Waals surface area contributed by atoms with Crippen molar-refractivity contribution in [2.45, 2.75) is 25.8 Å². The molecule has 0 aliphatic heterocycles. The standard InChI is InChI=1S/C14H20N2O5/c1-4-5-12(13(17)18)16-14(19)15-9-6-10(20-2)8-11(7-9)21-3/h6-8,12H,4-5H2,1-3H3,(H,17,18)(H2,15,16,19)/t12-/m0/s1. The third kappa shape index (κ3) is 5.21. The Labute approximate surface area is 123 Å². The number of carboxylic acids is 1. The van der Waals surface area contributed by atoms with Crippen molar-refractivity contribution >= 4 is 17.7 Å². The molecule has 0 heterocycles. The summed E-state index contributed by atoms with van der Waals surface area (Å²) in [5.41, 5.74) is 0.448. The molecule has 0 saturated heterocycles. The average Bonchev–Trinajstić information content (AvgIpc) is 2.46. The summed E-state index contributed by atoms with van der Waals surface area (Å²) in [5, 5.41) is 14.0. The summed E-state index contributed by atoms with van der Waals surface area (Å²) in [7, 11) is 3.00. The molecular formula is C14H20N2O5. The van der Waals surface area contributed by atoms with Crippen LogP contribution in [0.2, 0.25) is 0 Å². The van der Waals surface area contributed by atoms with Crippen molar-refractivity contribution in [3.63, 3.8) is 0 Å². The number of benzene rings is 1. The van der Waals surface area contributed by atoms with Gasteiger partial charge in [0.25, 0.3) is 0 Å². The number of hydrogen-bond donors (Lipinski definition) is 3. The van der Waals surface area contributed by atoms with Gasteiger partial charge < -0.3 is 25.2 Å². The Morgan fingerprint density at radius 3 is 2.19 bits per heavy atom. The van der Waals surface area contributed by atoms with Crippen molar-refractivity contribution in [3.05, 3.63) is 18.2 Å². The molecular weight excluding hydrogens is 276 g/mol. The summed E-state index contributed by atoms with van der Waals surface area (Å²) < 4.78 is 10.2. The van der Waals surface area contributed by atoms with Gasteiger partial charge in [-0.05, 0) is 6.42 Å². The van der Waals surface area contributed by atoms with Crippen molar-refractivity contribution in [1.82, 2.24) is 5.32 Å². The largest absolute Gasteiger partial charge is 0.497 e. The van der Waals surface area contributed by atoms with Gasteiger partial charge in [0.05, 0.1) is 14.2 Å². The quantitative estimate of drug-likeness (QED) is 0.715. The van der Waals surface area contributed by atoms with Gasteiger partial charge in [-0.1, -0.05) is 13.3 Å². The second kappa shape index (κ2) is 7.98. The van der Waals surface area contributed by atoms with Crippen LogP contribution in [0.25, 0.3) is 0 Å². The van der Waals surface area contributed by atoms with Gasteiger partial charge in [-0.15, -0.1) is 0 Å². The zero-order chi connectivity index (χ0) is 15.8. The van der Waals surface area contributed by atoms with Gasteiger partial charge in [0.1, 0.15) is 17.5 Å². The normalized spacial score (nSPS) is 11.4. The van der Waals surface area contributed by atoms with Gasteiger partial charge in [-0.25, -0.2) is 9.59 Å². The number of amides is 2. The topological polar surface area (TPSA) is 96.9 Å². The lowest BCUT2D eigenvalue weighted by molar-refractivity contribution is -0.139. The number of carbonyl (C=O) groups excluding carboxylic acids is 1. The number of methoxy groups -OCH3 is 2. The number of rotatable bonds is 7. The molecule has 0 saturated carbocycles. The van der Waals surface area contributed by atoms with Gasteiger partial charge >= 0.3 is 12.0 Å². The molecule has 1 aromatic rings. The molecule has 116 valence electrons. The van der Waals surface area contributed by atoms with E-state index in [0.717, 1.165) is 0 Å². The van der Waals surface area contributed by atoms with Gasteiger partial charge in [-0.3, -0.25) is 0 Å². The summed E-state index contributed by atoms with van der Waals surface area (Å²) in [6, 6.07) is 3.38. The Hall–Kier alpha value is -2.44. The van der Waals surface area contributed by atoms with E-state index in [1.165, 1.54) is 14.2 Å². The fraction of sp³-hybridized carbons (Fsp3) is 0.429. The molecule has 2 amide bonds. The van der Waals surface area contributed by atoms with Crippen LogP contribution in [-0.4, -0.2) is 37.4 Å². The fourth-order valence-electron chi connectivity index (χ4n) is 1.75. The van der Waals surface area contributed by atoms with Crippen molar-refractivity contribution in [3.8, 4) is 11.5 Å². The van der Waals surface area contributed by atoms with Crippen LogP contribution in [-0.2, 0) is 4.79 Å². The van der Waals surface area contributed by atoms with E-state index in [1.807, 2.05) is 6.92 Å². The second-order valence-electron chi connectivity index (χ2n) is 4.38. The predicted molar refractivity (Wildman–Crippen MR) is 78.0 cm³/mol. The first-order valence-corrected chi connectivity index (χ1v) is 6.53. The smallest absolute Gasteiger partial charge is 0.326 e. The lowest BCUT2D eigenvalue weighted by Crippen LogP contribution is -2.42. The molecule has 0 radical (unpaired) electrons. The van der Waals surface area contributed by atoms with Gasteiger partial charge in [0.2, 0.25) is 0 Å². The number of nitrogens with one attached hydrogen (secondary N) is 2. The molecule has 0 bridgehead atoms. The lowest BCUT2D eigenvalue weighted by atomic mass is 10.2. The number of anilines is 1. The van der Waals surface area contributed by atoms with Crippen molar-refractivity contribution in [2.75, 3.05) is 19.5 Å². The van der Waals surface area contributed by atoms with Crippen LogP contribution < -0.4 is 20.1 Å². The Kier molecular flexibility index (Phi) is 6.32. The van der Waals surface area contributed by atoms with E-state index in [2.05, 4.69) is 10.6 Å². The van der Waals surface area contributed by atoms with Gasteiger partial charge in [0.15, 0.2) is 0 Å². The molecule has 0 aliphatic rings. The van der Waals surface area contributed by atoms with Crippen LogP contribution in [0.4, 0.5) is 10.5 Å². The Morgan fingerprint density at radius 2 is 1.76 bits per heavy atom. The van der Waals surface area contributed by atoms with Crippen LogP contribution >= 0.6 is 0 Å². The minimum absolute atomic E-state index is 0.365. The maximum absolute atomic E-state index is 11.8. The highest BCUT2D eigenvalue weighted by atomic mass is 16.5. The highest BCUT2D eigenvalue weighted by Crippen LogP contribution is 2.25. The van der Waals surface area contributed by atoms with E-state index >= 15 is 0 Å². The summed E-state index contributed by atoms with van der Waals surface area (Å²) in [4.78, 5) is 22.8. The van der Waals surface area contributed by atoms with Crippen molar-refractivity contribution < 1.29 is 24.2 Å². The maximum atomic E-state index is 11.8. The third-order valence-electron chi connectivity index (χ3n) is 2.79. The minimum Gasteiger partial charge on any atom is -0.497 e. The zero-order valence-electron chi connectivity index (χ0n) is 12.3. The summed E-state index contributed by atoms with van der Waals surface area (Å²) >= 11 is 0. The van der Waals surface area contributed by atoms with E-state index in [0.29, 0.717) is 30.0 Å². The average molecular weight is 296 g/mol. The summed E-state index contributed by atoms with van der Waals surface area (Å²) in [6.45, 7) is 1.85. The van der Waals surface area contributed by atoms with E-state index in [-0.39, 0.29) is 0 Å². The summed E-state index contributed by atoms with van der Waals surface area (Å²) in [5.74, 6) is -0.0174. The Balaban J connectivity index is 2.75. The first-order chi connectivity index (χ1) is 9.99. The molecule has 1 atom stereocenters. The van der Waals surface area contributed by atoms with Gasteiger partial charge in [-0.2, -0.15) is 0 Å². The summed E-state index contributed by atoms with van der Waals surface area (Å²) in [6.07, 6.45) is 1.02. The van der Waals surface area contributed by atoms with E-state index in [1.54, 1.807) is 18.2 Å². The number of carbonyl (C=O) groups is 2. The zero-order valence-corrected chi connectivity index (χ0v) is 12.3. The van der Waals surface area contributed by atoms with Gasteiger partial charge in [0, 0.05) is 23.9 Å². The number of hydrogen-bond acceptors (Lipinski definition) is 4. The second-order valence-corrected chi connectivity index (χ2v) is 4.38. The molecule has 0 aliphatic carbocycles. The van der Waals surface area contributed by atoms with E-state index < -0.39 is 18.0 Å². The molecule has 3 N–H and O–H groups in total. The number of ether oxygens (including phenoxy) is 2. The molecule has 0 aromatic heterocycles. The first-order valence-electron chi connectivity index (χ1n) is 6.53. The predicted octanol–water partition coefficient (Wildman–Crippen LogP) is 2.08. The van der Waals surface area contributed by atoms with Crippen molar-refractivity contribution in [1.29, 1.82) is 0 Å². The monoisotopic (exact) mass is 296 g/mol.